The molecular formula is C26H32Cl2N2O3. The molecular weight excluding hydrogens is 459 g/mol. The van der Waals surface area contributed by atoms with Gasteiger partial charge in [0.2, 0.25) is 5.91 Å². The summed E-state index contributed by atoms with van der Waals surface area (Å²) in [5.41, 5.74) is -0.420. The molecule has 0 bridgehead atoms. The van der Waals surface area contributed by atoms with E-state index in [1.807, 2.05) is 26.0 Å². The van der Waals surface area contributed by atoms with Crippen molar-refractivity contribution in [2.24, 2.45) is 5.41 Å². The van der Waals surface area contributed by atoms with E-state index in [2.05, 4.69) is 12.2 Å². The molecule has 1 heterocycles. The molecule has 0 saturated carbocycles. The van der Waals surface area contributed by atoms with Gasteiger partial charge >= 0.3 is 0 Å². The lowest BCUT2D eigenvalue weighted by Crippen LogP contribution is -2.59. The molecule has 1 aliphatic heterocycles. The van der Waals surface area contributed by atoms with Gasteiger partial charge in [0.05, 0.1) is 5.60 Å². The van der Waals surface area contributed by atoms with Crippen molar-refractivity contribution in [1.29, 1.82) is 0 Å². The molecule has 33 heavy (non-hydrogen) atoms. The quantitative estimate of drug-likeness (QED) is 0.543. The summed E-state index contributed by atoms with van der Waals surface area (Å²) in [5.74, 6) is -0.410. The average Bonchev–Trinajstić information content (AvgIpc) is 2.78. The fourth-order valence-corrected chi connectivity index (χ4v) is 4.75. The van der Waals surface area contributed by atoms with Gasteiger partial charge in [-0.15, -0.1) is 0 Å². The molecule has 7 heteroatoms. The summed E-state index contributed by atoms with van der Waals surface area (Å²) in [7, 11) is 0. The van der Waals surface area contributed by atoms with E-state index in [9.17, 15) is 14.7 Å². The van der Waals surface area contributed by atoms with E-state index in [4.69, 9.17) is 23.2 Å². The van der Waals surface area contributed by atoms with E-state index in [-0.39, 0.29) is 11.8 Å². The normalized spacial score (nSPS) is 20.8. The third-order valence-electron chi connectivity index (χ3n) is 6.64. The Morgan fingerprint density at radius 3 is 2.18 bits per heavy atom. The summed E-state index contributed by atoms with van der Waals surface area (Å²) in [6.07, 6.45) is 2.71. The number of hydrogen-bond acceptors (Lipinski definition) is 3. The van der Waals surface area contributed by atoms with Crippen LogP contribution in [0.4, 0.5) is 0 Å². The maximum absolute atomic E-state index is 13.5. The second-order valence-electron chi connectivity index (χ2n) is 9.44. The van der Waals surface area contributed by atoms with Crippen molar-refractivity contribution in [3.63, 3.8) is 0 Å². The monoisotopic (exact) mass is 490 g/mol. The van der Waals surface area contributed by atoms with Gasteiger partial charge in [0, 0.05) is 34.1 Å². The van der Waals surface area contributed by atoms with Crippen molar-refractivity contribution in [3.8, 4) is 0 Å². The maximum atomic E-state index is 13.5. The molecule has 1 saturated heterocycles. The van der Waals surface area contributed by atoms with Crippen molar-refractivity contribution in [3.05, 3.63) is 69.7 Å². The fraction of sp³-hybridized carbons (Fsp3) is 0.462. The van der Waals surface area contributed by atoms with E-state index in [0.29, 0.717) is 41.5 Å². The molecule has 2 aromatic carbocycles. The highest BCUT2D eigenvalue weighted by atomic mass is 35.5. The van der Waals surface area contributed by atoms with Crippen LogP contribution in [-0.4, -0.2) is 41.0 Å². The van der Waals surface area contributed by atoms with Crippen LogP contribution >= 0.6 is 23.2 Å². The first-order valence-corrected chi connectivity index (χ1v) is 12.2. The van der Waals surface area contributed by atoms with Gasteiger partial charge in [-0.2, -0.15) is 0 Å². The lowest BCUT2D eigenvalue weighted by Gasteiger charge is -2.51. The Bertz CT molecular complexity index is 976. The molecule has 2 aromatic rings. The number of benzene rings is 2. The minimum absolute atomic E-state index is 0.114. The first kappa shape index (κ1) is 25.5. The lowest BCUT2D eigenvalue weighted by molar-refractivity contribution is -0.154. The first-order valence-electron chi connectivity index (χ1n) is 11.4. The Balaban J connectivity index is 1.76. The highest BCUT2D eigenvalue weighted by Crippen LogP contribution is 2.46. The Labute approximate surface area is 206 Å². The minimum atomic E-state index is -1.08. The largest absolute Gasteiger partial charge is 0.384 e. The Morgan fingerprint density at radius 1 is 1.06 bits per heavy atom. The molecule has 0 aromatic heterocycles. The SMILES string of the molecule is CCCCC(NC(=O)c1ccc(Cl)cc1)C(=O)N1CC[C@](O)(c2ccc(Cl)cc2)C(C)(C)C1. The Morgan fingerprint density at radius 2 is 1.64 bits per heavy atom. The summed E-state index contributed by atoms with van der Waals surface area (Å²) < 4.78 is 0. The summed E-state index contributed by atoms with van der Waals surface area (Å²) in [4.78, 5) is 28.1. The Hall–Kier alpha value is -2.08. The van der Waals surface area contributed by atoms with Crippen LogP contribution in [0.25, 0.3) is 0 Å². The zero-order valence-electron chi connectivity index (χ0n) is 19.4. The van der Waals surface area contributed by atoms with Crippen molar-refractivity contribution in [2.75, 3.05) is 13.1 Å². The molecule has 5 nitrogen and oxygen atoms in total. The van der Waals surface area contributed by atoms with Gasteiger partial charge in [0.1, 0.15) is 6.04 Å². The topological polar surface area (TPSA) is 69.6 Å². The lowest BCUT2D eigenvalue weighted by atomic mass is 9.66. The highest BCUT2D eigenvalue weighted by Gasteiger charge is 2.50. The smallest absolute Gasteiger partial charge is 0.251 e. The molecule has 0 radical (unpaired) electrons. The van der Waals surface area contributed by atoms with Gasteiger partial charge in [0.15, 0.2) is 0 Å². The van der Waals surface area contributed by atoms with Crippen LogP contribution in [0.5, 0.6) is 0 Å². The van der Waals surface area contributed by atoms with E-state index < -0.39 is 17.1 Å². The van der Waals surface area contributed by atoms with Crippen molar-refractivity contribution in [1.82, 2.24) is 10.2 Å². The van der Waals surface area contributed by atoms with Gasteiger partial charge in [-0.05, 0) is 54.8 Å². The van der Waals surface area contributed by atoms with Gasteiger partial charge in [-0.1, -0.05) is 68.9 Å². The number of nitrogens with one attached hydrogen (secondary N) is 1. The predicted molar refractivity (Wildman–Crippen MR) is 133 cm³/mol. The van der Waals surface area contributed by atoms with E-state index in [1.165, 1.54) is 0 Å². The number of likely N-dealkylation sites (tertiary alicyclic amines) is 1. The fourth-order valence-electron chi connectivity index (χ4n) is 4.50. The Kier molecular flexibility index (Phi) is 8.09. The molecule has 0 spiro atoms. The summed E-state index contributed by atoms with van der Waals surface area (Å²) >= 11 is 12.0. The van der Waals surface area contributed by atoms with Crippen LogP contribution in [0, 0.1) is 5.41 Å². The molecule has 1 fully saturated rings. The number of aliphatic hydroxyl groups is 1. The zero-order valence-corrected chi connectivity index (χ0v) is 20.9. The van der Waals surface area contributed by atoms with E-state index in [0.717, 1.165) is 18.4 Å². The number of unbranched alkanes of at least 4 members (excludes halogenated alkanes) is 1. The molecule has 2 N–H and O–H groups in total. The van der Waals surface area contributed by atoms with Gasteiger partial charge in [-0.3, -0.25) is 9.59 Å². The van der Waals surface area contributed by atoms with Crippen molar-refractivity contribution < 1.29 is 14.7 Å². The maximum Gasteiger partial charge on any atom is 0.251 e. The number of amides is 2. The van der Waals surface area contributed by atoms with Crippen LogP contribution in [0.15, 0.2) is 48.5 Å². The summed E-state index contributed by atoms with van der Waals surface area (Å²) in [6, 6.07) is 13.2. The molecule has 0 aliphatic carbocycles. The van der Waals surface area contributed by atoms with Crippen molar-refractivity contribution >= 4 is 35.0 Å². The van der Waals surface area contributed by atoms with Gasteiger partial charge in [0.25, 0.3) is 5.91 Å². The zero-order chi connectivity index (χ0) is 24.2. The highest BCUT2D eigenvalue weighted by molar-refractivity contribution is 6.30. The number of piperidine rings is 1. The van der Waals surface area contributed by atoms with Gasteiger partial charge in [-0.25, -0.2) is 0 Å². The standard InChI is InChI=1S/C26H32Cl2N2O3/c1-4-5-6-22(29-23(31)18-7-11-20(27)12-8-18)24(32)30-16-15-26(33,25(2,3)17-30)19-9-13-21(28)14-10-19/h7-14,22,33H,4-6,15-17H2,1-3H3,(H,29,31)/t22?,26-/m0/s1. The van der Waals surface area contributed by atoms with E-state index in [1.54, 1.807) is 41.3 Å². The number of nitrogens with zero attached hydrogens (tertiary/aromatic N) is 1. The van der Waals surface area contributed by atoms with Crippen LogP contribution in [0.3, 0.4) is 0 Å². The van der Waals surface area contributed by atoms with Gasteiger partial charge < -0.3 is 15.3 Å². The van der Waals surface area contributed by atoms with Crippen LogP contribution < -0.4 is 5.32 Å². The minimum Gasteiger partial charge on any atom is -0.384 e. The van der Waals surface area contributed by atoms with E-state index >= 15 is 0 Å². The molecule has 3 rings (SSSR count). The van der Waals surface area contributed by atoms with Crippen LogP contribution in [0.1, 0.15) is 62.4 Å². The van der Waals surface area contributed by atoms with Crippen LogP contribution in [0.2, 0.25) is 10.0 Å². The number of carbonyl (C=O) groups is 2. The number of rotatable bonds is 7. The predicted octanol–water partition coefficient (Wildman–Crippen LogP) is 5.43. The summed E-state index contributed by atoms with van der Waals surface area (Å²) in [5, 5.41) is 15.7. The summed E-state index contributed by atoms with van der Waals surface area (Å²) in [6.45, 7) is 6.77. The average molecular weight is 491 g/mol. The molecule has 2 atom stereocenters. The first-order chi connectivity index (χ1) is 15.6. The third-order valence-corrected chi connectivity index (χ3v) is 7.14. The molecule has 1 unspecified atom stereocenters. The van der Waals surface area contributed by atoms with Crippen molar-refractivity contribution in [2.45, 2.75) is 58.1 Å². The number of hydrogen-bond donors (Lipinski definition) is 2. The second-order valence-corrected chi connectivity index (χ2v) is 10.3. The van der Waals surface area contributed by atoms with Crippen LogP contribution in [-0.2, 0) is 10.4 Å². The number of carbonyl (C=O) groups excluding carboxylic acids is 2. The molecule has 1 aliphatic rings. The second kappa shape index (κ2) is 10.5. The third kappa shape index (κ3) is 5.71. The molecule has 2 amide bonds. The number of halogens is 2. The molecule has 178 valence electrons.